The fourth-order valence-corrected chi connectivity index (χ4v) is 4.70. The molecule has 20 heavy (non-hydrogen) atoms. The molecule has 4 aromatic rings. The molecule has 0 N–H and O–H groups in total. The third-order valence-corrected chi connectivity index (χ3v) is 6.11. The summed E-state index contributed by atoms with van der Waals surface area (Å²) in [5.74, 6) is 0. The molecule has 0 fully saturated rings. The van der Waals surface area contributed by atoms with Crippen LogP contribution >= 0.6 is 33.9 Å². The van der Waals surface area contributed by atoms with E-state index in [1.807, 2.05) is 11.3 Å². The quantitative estimate of drug-likeness (QED) is 0.336. The topological polar surface area (TPSA) is 0 Å². The summed E-state index contributed by atoms with van der Waals surface area (Å²) in [5, 5.41) is 2.74. The number of benzene rings is 3. The molecule has 3 aromatic carbocycles. The average molecular weight is 386 g/mol. The molecule has 0 aliphatic carbocycles. The Kier molecular flexibility index (Phi) is 3.00. The first-order chi connectivity index (χ1) is 9.84. The highest BCUT2D eigenvalue weighted by Crippen LogP contribution is 2.41. The third-order valence-electron chi connectivity index (χ3n) is 3.56. The largest absolute Gasteiger partial charge is 0.133 e. The Morgan fingerprint density at radius 2 is 1.35 bits per heavy atom. The Balaban J connectivity index is 2.14. The highest BCUT2D eigenvalue weighted by molar-refractivity contribution is 14.1. The van der Waals surface area contributed by atoms with Crippen LogP contribution in [0.5, 0.6) is 0 Å². The lowest BCUT2D eigenvalue weighted by atomic mass is 10.0. The lowest BCUT2D eigenvalue weighted by molar-refractivity contribution is 1.67. The van der Waals surface area contributed by atoms with Gasteiger partial charge in [-0.25, -0.2) is 0 Å². The molecular weight excluding hydrogens is 375 g/mol. The van der Waals surface area contributed by atoms with Crippen molar-refractivity contribution in [3.05, 3.63) is 70.3 Å². The third kappa shape index (κ3) is 1.86. The van der Waals surface area contributed by atoms with Gasteiger partial charge in [-0.15, -0.1) is 11.3 Å². The predicted octanol–water partition coefficient (Wildman–Crippen LogP) is 6.33. The van der Waals surface area contributed by atoms with Gasteiger partial charge in [-0.1, -0.05) is 60.7 Å². The molecule has 0 amide bonds. The standard InChI is InChI=1S/C18H11IS/c19-16-11-5-10-15-14-9-4-8-13(17(14)20-18(15)16)12-6-2-1-3-7-12/h1-11H. The molecule has 0 atom stereocenters. The molecule has 1 heterocycles. The van der Waals surface area contributed by atoms with E-state index in [0.717, 1.165) is 0 Å². The maximum Gasteiger partial charge on any atom is 0.0489 e. The molecule has 0 nitrogen and oxygen atoms in total. The van der Waals surface area contributed by atoms with Gasteiger partial charge >= 0.3 is 0 Å². The number of hydrogen-bond acceptors (Lipinski definition) is 1. The Morgan fingerprint density at radius 3 is 2.15 bits per heavy atom. The average Bonchev–Trinajstić information content (AvgIpc) is 2.88. The first-order valence-corrected chi connectivity index (χ1v) is 8.39. The molecular formula is C18H11IS. The second-order valence-electron chi connectivity index (χ2n) is 4.77. The summed E-state index contributed by atoms with van der Waals surface area (Å²) >= 11 is 4.33. The normalized spacial score (nSPS) is 11.2. The Labute approximate surface area is 135 Å². The SMILES string of the molecule is Ic1cccc2c1sc1c(-c3ccccc3)cccc12. The van der Waals surface area contributed by atoms with E-state index >= 15 is 0 Å². The molecule has 0 saturated carbocycles. The summed E-state index contributed by atoms with van der Waals surface area (Å²) in [6.07, 6.45) is 0. The van der Waals surface area contributed by atoms with E-state index in [9.17, 15) is 0 Å². The minimum absolute atomic E-state index is 1.29. The van der Waals surface area contributed by atoms with E-state index in [2.05, 4.69) is 89.3 Å². The summed E-state index contributed by atoms with van der Waals surface area (Å²) < 4.78 is 4.12. The van der Waals surface area contributed by atoms with Gasteiger partial charge in [-0.2, -0.15) is 0 Å². The Morgan fingerprint density at radius 1 is 0.650 bits per heavy atom. The maximum atomic E-state index is 2.43. The minimum atomic E-state index is 1.29. The minimum Gasteiger partial charge on any atom is -0.133 e. The van der Waals surface area contributed by atoms with Crippen molar-refractivity contribution in [1.82, 2.24) is 0 Å². The van der Waals surface area contributed by atoms with Crippen LogP contribution in [-0.4, -0.2) is 0 Å². The maximum absolute atomic E-state index is 2.43. The van der Waals surface area contributed by atoms with Crippen molar-refractivity contribution in [1.29, 1.82) is 0 Å². The van der Waals surface area contributed by atoms with E-state index in [1.165, 1.54) is 34.9 Å². The molecule has 0 unspecified atom stereocenters. The smallest absolute Gasteiger partial charge is 0.0489 e. The zero-order chi connectivity index (χ0) is 13.5. The number of fused-ring (bicyclic) bond motifs is 3. The highest BCUT2D eigenvalue weighted by atomic mass is 127. The van der Waals surface area contributed by atoms with E-state index in [4.69, 9.17) is 0 Å². The van der Waals surface area contributed by atoms with E-state index < -0.39 is 0 Å². The molecule has 4 rings (SSSR count). The predicted molar refractivity (Wildman–Crippen MR) is 97.5 cm³/mol. The van der Waals surface area contributed by atoms with Crippen LogP contribution < -0.4 is 0 Å². The van der Waals surface area contributed by atoms with E-state index in [-0.39, 0.29) is 0 Å². The van der Waals surface area contributed by atoms with Crippen molar-refractivity contribution in [3.63, 3.8) is 0 Å². The molecule has 0 aliphatic rings. The van der Waals surface area contributed by atoms with Gasteiger partial charge in [0.15, 0.2) is 0 Å². The van der Waals surface area contributed by atoms with Crippen molar-refractivity contribution < 1.29 is 0 Å². The van der Waals surface area contributed by atoms with Crippen molar-refractivity contribution in [2.75, 3.05) is 0 Å². The van der Waals surface area contributed by atoms with Gasteiger partial charge in [0.25, 0.3) is 0 Å². The van der Waals surface area contributed by atoms with Crippen LogP contribution in [0.4, 0.5) is 0 Å². The molecule has 0 aliphatic heterocycles. The Bertz CT molecular complexity index is 907. The van der Waals surface area contributed by atoms with Crippen molar-refractivity contribution >= 4 is 54.1 Å². The second kappa shape index (κ2) is 4.86. The molecule has 0 bridgehead atoms. The van der Waals surface area contributed by atoms with Crippen LogP contribution in [0.25, 0.3) is 31.3 Å². The second-order valence-corrected chi connectivity index (χ2v) is 6.95. The summed E-state index contributed by atoms with van der Waals surface area (Å²) in [7, 11) is 0. The van der Waals surface area contributed by atoms with Crippen molar-refractivity contribution in [2.45, 2.75) is 0 Å². The number of hydrogen-bond donors (Lipinski definition) is 0. The Hall–Kier alpha value is -1.39. The summed E-state index contributed by atoms with van der Waals surface area (Å²) in [6, 6.07) is 23.8. The molecule has 0 spiro atoms. The zero-order valence-corrected chi connectivity index (χ0v) is 13.6. The van der Waals surface area contributed by atoms with Crippen LogP contribution in [0.15, 0.2) is 66.7 Å². The van der Waals surface area contributed by atoms with E-state index in [1.54, 1.807) is 0 Å². The summed E-state index contributed by atoms with van der Waals surface area (Å²) in [6.45, 7) is 0. The van der Waals surface area contributed by atoms with Crippen molar-refractivity contribution in [2.24, 2.45) is 0 Å². The first-order valence-electron chi connectivity index (χ1n) is 6.50. The lowest BCUT2D eigenvalue weighted by Crippen LogP contribution is -1.76. The van der Waals surface area contributed by atoms with Crippen LogP contribution in [-0.2, 0) is 0 Å². The fourth-order valence-electron chi connectivity index (χ4n) is 2.63. The van der Waals surface area contributed by atoms with Gasteiger partial charge in [0.2, 0.25) is 0 Å². The fraction of sp³-hybridized carbons (Fsp3) is 0. The summed E-state index contributed by atoms with van der Waals surface area (Å²) in [4.78, 5) is 0. The van der Waals surface area contributed by atoms with Crippen LogP contribution in [0, 0.1) is 3.57 Å². The first kappa shape index (κ1) is 12.4. The molecule has 0 radical (unpaired) electrons. The van der Waals surface area contributed by atoms with Gasteiger partial charge in [0, 0.05) is 23.7 Å². The number of thiophene rings is 1. The van der Waals surface area contributed by atoms with Gasteiger partial charge in [0.05, 0.1) is 0 Å². The van der Waals surface area contributed by atoms with E-state index in [0.29, 0.717) is 0 Å². The molecule has 96 valence electrons. The molecule has 2 heteroatoms. The van der Waals surface area contributed by atoms with Gasteiger partial charge < -0.3 is 0 Å². The van der Waals surface area contributed by atoms with Crippen LogP contribution in [0.3, 0.4) is 0 Å². The van der Waals surface area contributed by atoms with Gasteiger partial charge in [-0.3, -0.25) is 0 Å². The lowest BCUT2D eigenvalue weighted by Gasteiger charge is -2.02. The van der Waals surface area contributed by atoms with Crippen molar-refractivity contribution in [3.8, 4) is 11.1 Å². The highest BCUT2D eigenvalue weighted by Gasteiger charge is 2.11. The van der Waals surface area contributed by atoms with Crippen LogP contribution in [0.1, 0.15) is 0 Å². The van der Waals surface area contributed by atoms with Crippen LogP contribution in [0.2, 0.25) is 0 Å². The molecule has 0 saturated heterocycles. The zero-order valence-electron chi connectivity index (χ0n) is 10.6. The summed E-state index contributed by atoms with van der Waals surface area (Å²) in [5.41, 5.74) is 2.62. The van der Waals surface area contributed by atoms with Gasteiger partial charge in [0.1, 0.15) is 0 Å². The number of halogens is 1. The van der Waals surface area contributed by atoms with Gasteiger partial charge in [-0.05, 0) is 39.8 Å². The molecule has 1 aromatic heterocycles. The monoisotopic (exact) mass is 386 g/mol. The number of rotatable bonds is 1.